The minimum atomic E-state index is 0.277. The van der Waals surface area contributed by atoms with Crippen LogP contribution in [0.5, 0.6) is 0 Å². The maximum Gasteiger partial charge on any atom is 0.236 e. The van der Waals surface area contributed by atoms with Crippen LogP contribution in [0, 0.1) is 0 Å². The number of benzene rings is 1. The van der Waals surface area contributed by atoms with E-state index in [1.165, 1.54) is 5.56 Å². The van der Waals surface area contributed by atoms with Gasteiger partial charge in [0.15, 0.2) is 0 Å². The first-order valence-corrected chi connectivity index (χ1v) is 9.88. The molecular weight excluding hydrogens is 340 g/mol. The molecule has 0 radical (unpaired) electrons. The van der Waals surface area contributed by atoms with Crippen molar-refractivity contribution in [3.63, 3.8) is 0 Å². The lowest BCUT2D eigenvalue weighted by Crippen LogP contribution is -2.51. The van der Waals surface area contributed by atoms with Gasteiger partial charge in [0, 0.05) is 39.3 Å². The molecule has 1 aromatic carbocycles. The third-order valence-corrected chi connectivity index (χ3v) is 5.74. The summed E-state index contributed by atoms with van der Waals surface area (Å²) < 4.78 is 1.86. The Bertz CT molecular complexity index is 711. The lowest BCUT2D eigenvalue weighted by molar-refractivity contribution is -0.133. The van der Waals surface area contributed by atoms with Crippen LogP contribution in [-0.2, 0) is 11.3 Å². The first-order valence-electron chi connectivity index (χ1n) is 9.88. The average Bonchev–Trinajstić information content (AvgIpc) is 3.39. The van der Waals surface area contributed by atoms with Gasteiger partial charge in [-0.2, -0.15) is 5.10 Å². The fourth-order valence-corrected chi connectivity index (χ4v) is 4.08. The van der Waals surface area contributed by atoms with E-state index in [1.54, 1.807) is 12.7 Å². The van der Waals surface area contributed by atoms with Gasteiger partial charge in [-0.1, -0.05) is 30.3 Å². The third-order valence-electron chi connectivity index (χ3n) is 5.74. The van der Waals surface area contributed by atoms with Crippen molar-refractivity contribution in [2.75, 3.05) is 52.4 Å². The number of carbonyl (C=O) groups excluding carboxylic acids is 1. The number of nitrogens with zero attached hydrogens (tertiary/aromatic N) is 6. The van der Waals surface area contributed by atoms with Gasteiger partial charge in [-0.15, -0.1) is 0 Å². The summed E-state index contributed by atoms with van der Waals surface area (Å²) >= 11 is 0. The molecule has 7 nitrogen and oxygen atoms in total. The van der Waals surface area contributed by atoms with E-state index in [0.29, 0.717) is 12.5 Å². The van der Waals surface area contributed by atoms with Crippen molar-refractivity contribution in [2.24, 2.45) is 0 Å². The number of hydrogen-bond acceptors (Lipinski definition) is 5. The summed E-state index contributed by atoms with van der Waals surface area (Å²) in [5.41, 5.74) is 1.40. The van der Waals surface area contributed by atoms with Crippen molar-refractivity contribution in [3.05, 3.63) is 48.5 Å². The van der Waals surface area contributed by atoms with Crippen molar-refractivity contribution >= 4 is 5.91 Å². The van der Waals surface area contributed by atoms with Gasteiger partial charge in [0.25, 0.3) is 0 Å². The van der Waals surface area contributed by atoms with Gasteiger partial charge in [0.2, 0.25) is 5.91 Å². The molecule has 2 aromatic rings. The molecule has 2 aliphatic rings. The van der Waals surface area contributed by atoms with E-state index < -0.39 is 0 Å². The maximum absolute atomic E-state index is 12.7. The average molecular weight is 368 g/mol. The van der Waals surface area contributed by atoms with E-state index in [0.717, 1.165) is 58.8 Å². The Hall–Kier alpha value is -2.25. The number of carbonyl (C=O) groups is 1. The molecule has 0 N–H and O–H groups in total. The molecular formula is C20H28N6O. The maximum atomic E-state index is 12.7. The normalized spacial score (nSPS) is 21.6. The molecule has 1 aromatic heterocycles. The zero-order valence-corrected chi connectivity index (χ0v) is 15.8. The number of likely N-dealkylation sites (tertiary alicyclic amines) is 1. The largest absolute Gasteiger partial charge is 0.339 e. The highest BCUT2D eigenvalue weighted by Crippen LogP contribution is 2.26. The lowest BCUT2D eigenvalue weighted by atomic mass is 9.99. The molecule has 144 valence electrons. The summed E-state index contributed by atoms with van der Waals surface area (Å²) in [4.78, 5) is 23.4. The van der Waals surface area contributed by atoms with Crippen LogP contribution >= 0.6 is 0 Å². The number of aromatic nitrogens is 3. The van der Waals surface area contributed by atoms with E-state index in [4.69, 9.17) is 0 Å². The molecule has 1 atom stereocenters. The second kappa shape index (κ2) is 8.63. The molecule has 7 heteroatoms. The Morgan fingerprint density at radius 2 is 1.81 bits per heavy atom. The molecule has 2 aliphatic heterocycles. The van der Waals surface area contributed by atoms with Crippen LogP contribution in [0.2, 0.25) is 0 Å². The molecule has 1 unspecified atom stereocenters. The number of hydrogen-bond donors (Lipinski definition) is 0. The summed E-state index contributed by atoms with van der Waals surface area (Å²) in [5.74, 6) is 0.840. The van der Waals surface area contributed by atoms with Crippen molar-refractivity contribution in [1.82, 2.24) is 29.5 Å². The Labute approximate surface area is 160 Å². The summed E-state index contributed by atoms with van der Waals surface area (Å²) in [6.45, 7) is 7.90. The molecule has 0 spiro atoms. The third kappa shape index (κ3) is 4.73. The molecule has 2 fully saturated rings. The highest BCUT2D eigenvalue weighted by atomic mass is 16.2. The van der Waals surface area contributed by atoms with Crippen molar-refractivity contribution in [1.29, 1.82) is 0 Å². The Kier molecular flexibility index (Phi) is 5.79. The molecule has 3 heterocycles. The highest BCUT2D eigenvalue weighted by molar-refractivity contribution is 5.78. The zero-order valence-electron chi connectivity index (χ0n) is 15.8. The van der Waals surface area contributed by atoms with Crippen LogP contribution < -0.4 is 0 Å². The van der Waals surface area contributed by atoms with Gasteiger partial charge in [0.1, 0.15) is 12.7 Å². The molecule has 4 rings (SSSR count). The second-order valence-corrected chi connectivity index (χ2v) is 7.51. The topological polar surface area (TPSA) is 57.5 Å². The fraction of sp³-hybridized carbons (Fsp3) is 0.550. The summed E-state index contributed by atoms with van der Waals surface area (Å²) in [6, 6.07) is 10.7. The van der Waals surface area contributed by atoms with Crippen molar-refractivity contribution in [2.45, 2.75) is 18.9 Å². The fourth-order valence-electron chi connectivity index (χ4n) is 4.08. The predicted molar refractivity (Wildman–Crippen MR) is 103 cm³/mol. The van der Waals surface area contributed by atoms with E-state index >= 15 is 0 Å². The quantitative estimate of drug-likeness (QED) is 0.759. The van der Waals surface area contributed by atoms with Crippen LogP contribution in [0.25, 0.3) is 0 Å². The van der Waals surface area contributed by atoms with Gasteiger partial charge in [-0.25, -0.2) is 4.98 Å². The number of piperazine rings is 1. The standard InChI is InChI=1S/C20H28N6O/c27-20(15-24-7-6-19(14-24)18-4-2-1-3-5-18)25-11-8-23(9-12-25)10-13-26-17-21-16-22-26/h1-5,16-17,19H,6-15H2. The van der Waals surface area contributed by atoms with Gasteiger partial charge >= 0.3 is 0 Å². The van der Waals surface area contributed by atoms with Crippen LogP contribution in [0.1, 0.15) is 17.9 Å². The zero-order chi connectivity index (χ0) is 18.5. The molecule has 0 bridgehead atoms. The molecule has 0 aliphatic carbocycles. The summed E-state index contributed by atoms with van der Waals surface area (Å²) in [7, 11) is 0. The smallest absolute Gasteiger partial charge is 0.236 e. The second-order valence-electron chi connectivity index (χ2n) is 7.51. The minimum absolute atomic E-state index is 0.277. The van der Waals surface area contributed by atoms with E-state index in [2.05, 4.69) is 50.2 Å². The van der Waals surface area contributed by atoms with E-state index in [9.17, 15) is 4.79 Å². The van der Waals surface area contributed by atoms with E-state index in [1.807, 2.05) is 9.58 Å². The Morgan fingerprint density at radius 1 is 1.00 bits per heavy atom. The van der Waals surface area contributed by atoms with E-state index in [-0.39, 0.29) is 5.91 Å². The van der Waals surface area contributed by atoms with Crippen LogP contribution in [0.4, 0.5) is 0 Å². The molecule has 0 saturated carbocycles. The Morgan fingerprint density at radius 3 is 2.56 bits per heavy atom. The molecule has 1 amide bonds. The van der Waals surface area contributed by atoms with Crippen LogP contribution in [-0.4, -0.2) is 87.7 Å². The van der Waals surface area contributed by atoms with Gasteiger partial charge in [-0.3, -0.25) is 19.3 Å². The molecule has 2 saturated heterocycles. The molecule has 27 heavy (non-hydrogen) atoms. The SMILES string of the molecule is O=C(CN1CCC(c2ccccc2)C1)N1CCN(CCn2cncn2)CC1. The van der Waals surface area contributed by atoms with Crippen molar-refractivity contribution < 1.29 is 4.79 Å². The van der Waals surface area contributed by atoms with Gasteiger partial charge in [0.05, 0.1) is 13.1 Å². The van der Waals surface area contributed by atoms with Gasteiger partial charge < -0.3 is 4.90 Å². The van der Waals surface area contributed by atoms with Gasteiger partial charge in [-0.05, 0) is 24.4 Å². The highest BCUT2D eigenvalue weighted by Gasteiger charge is 2.28. The predicted octanol–water partition coefficient (Wildman–Crippen LogP) is 0.912. The summed E-state index contributed by atoms with van der Waals surface area (Å²) in [5, 5.41) is 4.14. The lowest BCUT2D eigenvalue weighted by Gasteiger charge is -2.35. The summed E-state index contributed by atoms with van der Waals surface area (Å²) in [6.07, 6.45) is 4.46. The minimum Gasteiger partial charge on any atom is -0.339 e. The van der Waals surface area contributed by atoms with Crippen LogP contribution in [0.15, 0.2) is 43.0 Å². The number of amides is 1. The van der Waals surface area contributed by atoms with Crippen molar-refractivity contribution in [3.8, 4) is 0 Å². The first kappa shape index (κ1) is 18.1. The van der Waals surface area contributed by atoms with Crippen LogP contribution in [0.3, 0.4) is 0 Å². The Balaban J connectivity index is 1.19. The monoisotopic (exact) mass is 368 g/mol. The first-order chi connectivity index (χ1) is 13.3. The number of rotatable bonds is 6.